The number of hydrogen-bond donors (Lipinski definition) is 3. The van der Waals surface area contributed by atoms with Crippen LogP contribution >= 0.6 is 12.4 Å². The van der Waals surface area contributed by atoms with Crippen molar-refractivity contribution >= 4 is 24.0 Å². The molecule has 1 aliphatic rings. The van der Waals surface area contributed by atoms with Gasteiger partial charge in [0, 0.05) is 18.4 Å². The van der Waals surface area contributed by atoms with E-state index in [0.29, 0.717) is 6.54 Å². The van der Waals surface area contributed by atoms with E-state index in [2.05, 4.69) is 15.5 Å². The summed E-state index contributed by atoms with van der Waals surface area (Å²) in [4.78, 5) is 12.5. The van der Waals surface area contributed by atoms with Crippen molar-refractivity contribution in [3.63, 3.8) is 0 Å². The summed E-state index contributed by atoms with van der Waals surface area (Å²) >= 11 is 0. The highest BCUT2D eigenvalue weighted by atomic mass is 35.5. The number of aromatic amines is 1. The molecule has 0 unspecified atom stereocenters. The largest absolute Gasteiger partial charge is 0.329 e. The average molecular weight is 321 g/mol. The number of halogens is 1. The molecule has 0 radical (unpaired) electrons. The lowest BCUT2D eigenvalue weighted by Gasteiger charge is -2.25. The second-order valence-electron chi connectivity index (χ2n) is 5.69. The molecule has 118 valence electrons. The third-order valence-electron chi connectivity index (χ3n) is 4.39. The Labute approximate surface area is 136 Å². The van der Waals surface area contributed by atoms with E-state index in [4.69, 9.17) is 5.73 Å². The summed E-state index contributed by atoms with van der Waals surface area (Å²) in [7, 11) is 0. The zero-order valence-corrected chi connectivity index (χ0v) is 13.2. The summed E-state index contributed by atoms with van der Waals surface area (Å²) < 4.78 is 0. The molecule has 3 rings (SSSR count). The van der Waals surface area contributed by atoms with Gasteiger partial charge in [-0.2, -0.15) is 5.10 Å². The van der Waals surface area contributed by atoms with Crippen molar-refractivity contribution in [2.24, 2.45) is 11.1 Å². The van der Waals surface area contributed by atoms with Crippen LogP contribution in [-0.2, 0) is 4.79 Å². The number of rotatable bonds is 4. The van der Waals surface area contributed by atoms with Crippen LogP contribution in [0.25, 0.3) is 11.3 Å². The number of anilines is 1. The molecule has 1 heterocycles. The van der Waals surface area contributed by atoms with Crippen LogP contribution < -0.4 is 11.1 Å². The quantitative estimate of drug-likeness (QED) is 0.809. The minimum atomic E-state index is -0.373. The molecule has 22 heavy (non-hydrogen) atoms. The van der Waals surface area contributed by atoms with Gasteiger partial charge in [0.2, 0.25) is 5.91 Å². The first-order valence-corrected chi connectivity index (χ1v) is 7.35. The molecule has 1 aromatic heterocycles. The summed E-state index contributed by atoms with van der Waals surface area (Å²) in [6, 6.07) is 9.66. The third-order valence-corrected chi connectivity index (χ3v) is 4.39. The molecule has 0 aliphatic heterocycles. The standard InChI is InChI=1S/C16H20N4O.ClH/c17-11-16(8-1-2-9-16)15(21)19-13-5-3-12(4-6-13)14-7-10-18-20-14;/h3-7,10H,1-2,8-9,11,17H2,(H,18,20)(H,19,21);1H. The van der Waals surface area contributed by atoms with Crippen molar-refractivity contribution in [1.82, 2.24) is 10.2 Å². The first-order chi connectivity index (χ1) is 10.2. The number of amides is 1. The Hall–Kier alpha value is -1.85. The number of benzene rings is 1. The van der Waals surface area contributed by atoms with Crippen molar-refractivity contribution in [3.8, 4) is 11.3 Å². The summed E-state index contributed by atoms with van der Waals surface area (Å²) in [6.45, 7) is 0.422. The monoisotopic (exact) mass is 320 g/mol. The molecular formula is C16H21ClN4O. The lowest BCUT2D eigenvalue weighted by molar-refractivity contribution is -0.124. The highest BCUT2D eigenvalue weighted by Gasteiger charge is 2.39. The zero-order chi connectivity index (χ0) is 14.7. The number of nitrogens with two attached hydrogens (primary N) is 1. The van der Waals surface area contributed by atoms with E-state index >= 15 is 0 Å². The van der Waals surface area contributed by atoms with Crippen LogP contribution in [0.5, 0.6) is 0 Å². The Balaban J connectivity index is 0.00000176. The summed E-state index contributed by atoms with van der Waals surface area (Å²) in [5.74, 6) is 0.0526. The summed E-state index contributed by atoms with van der Waals surface area (Å²) in [6.07, 6.45) is 5.67. The smallest absolute Gasteiger partial charge is 0.231 e. The molecule has 1 fully saturated rings. The Bertz CT molecular complexity index is 604. The van der Waals surface area contributed by atoms with Gasteiger partial charge in [-0.05, 0) is 36.6 Å². The van der Waals surface area contributed by atoms with E-state index in [1.54, 1.807) is 6.20 Å². The molecule has 0 saturated heterocycles. The highest BCUT2D eigenvalue weighted by molar-refractivity contribution is 5.95. The van der Waals surface area contributed by atoms with Crippen molar-refractivity contribution in [2.45, 2.75) is 25.7 Å². The van der Waals surface area contributed by atoms with E-state index in [1.807, 2.05) is 30.3 Å². The number of nitrogens with zero attached hydrogens (tertiary/aromatic N) is 1. The maximum atomic E-state index is 12.5. The van der Waals surface area contributed by atoms with Gasteiger partial charge < -0.3 is 11.1 Å². The second kappa shape index (κ2) is 6.94. The Morgan fingerprint density at radius 2 is 1.91 bits per heavy atom. The molecular weight excluding hydrogens is 300 g/mol. The lowest BCUT2D eigenvalue weighted by Crippen LogP contribution is -2.40. The van der Waals surface area contributed by atoms with Gasteiger partial charge in [-0.15, -0.1) is 12.4 Å². The zero-order valence-electron chi connectivity index (χ0n) is 12.3. The summed E-state index contributed by atoms with van der Waals surface area (Å²) in [5, 5.41) is 9.86. The minimum absolute atomic E-state index is 0. The van der Waals surface area contributed by atoms with Crippen LogP contribution in [0.15, 0.2) is 36.5 Å². The van der Waals surface area contributed by atoms with Crippen LogP contribution in [0.3, 0.4) is 0 Å². The number of hydrogen-bond acceptors (Lipinski definition) is 3. The van der Waals surface area contributed by atoms with E-state index in [0.717, 1.165) is 42.6 Å². The van der Waals surface area contributed by atoms with Gasteiger partial charge in [-0.25, -0.2) is 0 Å². The van der Waals surface area contributed by atoms with E-state index in [-0.39, 0.29) is 23.7 Å². The fourth-order valence-corrected chi connectivity index (χ4v) is 2.99. The molecule has 1 saturated carbocycles. The van der Waals surface area contributed by atoms with E-state index in [1.165, 1.54) is 0 Å². The van der Waals surface area contributed by atoms with Gasteiger partial charge in [0.15, 0.2) is 0 Å². The molecule has 4 N–H and O–H groups in total. The molecule has 6 heteroatoms. The minimum Gasteiger partial charge on any atom is -0.329 e. The fraction of sp³-hybridized carbons (Fsp3) is 0.375. The van der Waals surface area contributed by atoms with Crippen molar-refractivity contribution < 1.29 is 4.79 Å². The molecule has 1 aromatic carbocycles. The molecule has 5 nitrogen and oxygen atoms in total. The summed E-state index contributed by atoms with van der Waals surface area (Å²) in [5.41, 5.74) is 8.28. The Morgan fingerprint density at radius 1 is 1.23 bits per heavy atom. The molecule has 2 aromatic rings. The van der Waals surface area contributed by atoms with Gasteiger partial charge in [0.1, 0.15) is 0 Å². The maximum absolute atomic E-state index is 12.5. The van der Waals surface area contributed by atoms with Gasteiger partial charge in [0.05, 0.1) is 11.1 Å². The predicted octanol–water partition coefficient (Wildman–Crippen LogP) is 2.96. The van der Waals surface area contributed by atoms with E-state index in [9.17, 15) is 4.79 Å². The van der Waals surface area contributed by atoms with Crippen LogP contribution in [0.4, 0.5) is 5.69 Å². The number of nitrogens with one attached hydrogen (secondary N) is 2. The van der Waals surface area contributed by atoms with Gasteiger partial charge in [-0.1, -0.05) is 25.0 Å². The second-order valence-corrected chi connectivity index (χ2v) is 5.69. The molecule has 1 amide bonds. The number of carbonyl (C=O) groups excluding carboxylic acids is 1. The van der Waals surface area contributed by atoms with Crippen LogP contribution in [0, 0.1) is 5.41 Å². The lowest BCUT2D eigenvalue weighted by atomic mass is 9.85. The van der Waals surface area contributed by atoms with Crippen LogP contribution in [-0.4, -0.2) is 22.6 Å². The number of H-pyrrole nitrogens is 1. The average Bonchev–Trinajstić information content (AvgIpc) is 3.20. The van der Waals surface area contributed by atoms with Gasteiger partial charge in [0.25, 0.3) is 0 Å². The van der Waals surface area contributed by atoms with Crippen molar-refractivity contribution in [2.75, 3.05) is 11.9 Å². The first kappa shape index (κ1) is 16.5. The molecule has 0 bridgehead atoms. The maximum Gasteiger partial charge on any atom is 0.231 e. The van der Waals surface area contributed by atoms with Gasteiger partial charge >= 0.3 is 0 Å². The Morgan fingerprint density at radius 3 is 2.45 bits per heavy atom. The normalized spacial score (nSPS) is 16.0. The topological polar surface area (TPSA) is 83.8 Å². The molecule has 0 atom stereocenters. The number of aromatic nitrogens is 2. The highest BCUT2D eigenvalue weighted by Crippen LogP contribution is 2.38. The molecule has 1 aliphatic carbocycles. The van der Waals surface area contributed by atoms with E-state index < -0.39 is 0 Å². The third kappa shape index (κ3) is 3.15. The first-order valence-electron chi connectivity index (χ1n) is 7.35. The number of carbonyl (C=O) groups is 1. The fourth-order valence-electron chi connectivity index (χ4n) is 2.99. The van der Waals surface area contributed by atoms with Crippen LogP contribution in [0.1, 0.15) is 25.7 Å². The van der Waals surface area contributed by atoms with Gasteiger partial charge in [-0.3, -0.25) is 9.89 Å². The Kier molecular flexibility index (Phi) is 5.21. The van der Waals surface area contributed by atoms with Crippen molar-refractivity contribution in [3.05, 3.63) is 36.5 Å². The van der Waals surface area contributed by atoms with Crippen LogP contribution in [0.2, 0.25) is 0 Å². The predicted molar refractivity (Wildman–Crippen MR) is 89.9 cm³/mol. The van der Waals surface area contributed by atoms with Crippen molar-refractivity contribution in [1.29, 1.82) is 0 Å². The SMILES string of the molecule is Cl.NCC1(C(=O)Nc2ccc(-c3ccn[nH]3)cc2)CCCC1. The molecule has 0 spiro atoms.